The minimum absolute atomic E-state index is 0.908. The van der Waals surface area contributed by atoms with Gasteiger partial charge in [0.2, 0.25) is 0 Å². The van der Waals surface area contributed by atoms with Crippen LogP contribution in [0.4, 0.5) is 5.69 Å². The Kier molecular flexibility index (Phi) is 6.80. The van der Waals surface area contributed by atoms with E-state index in [4.69, 9.17) is 0 Å². The minimum Gasteiger partial charge on any atom is -0.378 e. The summed E-state index contributed by atoms with van der Waals surface area (Å²) in [6.07, 6.45) is 10.1. The first kappa shape index (κ1) is 18.5. The first-order chi connectivity index (χ1) is 11.5. The van der Waals surface area contributed by atoms with Crippen LogP contribution in [-0.4, -0.2) is 52.4 Å². The summed E-state index contributed by atoms with van der Waals surface area (Å²) in [5.74, 6) is 0. The van der Waals surface area contributed by atoms with Crippen LogP contribution >= 0.6 is 0 Å². The molecule has 0 radical (unpaired) electrons. The van der Waals surface area contributed by atoms with Crippen molar-refractivity contribution in [1.82, 2.24) is 4.90 Å². The van der Waals surface area contributed by atoms with Gasteiger partial charge in [-0.15, -0.1) is 0 Å². The van der Waals surface area contributed by atoms with E-state index in [2.05, 4.69) is 86.5 Å². The van der Waals surface area contributed by atoms with Gasteiger partial charge >= 0.3 is 0 Å². The van der Waals surface area contributed by atoms with Gasteiger partial charge in [0.15, 0.2) is 0 Å². The first-order valence-electron chi connectivity index (χ1n) is 8.87. The molecule has 0 saturated heterocycles. The SMILES string of the molecule is CCCCN=Cc1cc(N(C)C)ccc1C1=CC(CN(C)C)=CC1. The zero-order valence-electron chi connectivity index (χ0n) is 15.8. The fourth-order valence-corrected chi connectivity index (χ4v) is 2.89. The van der Waals surface area contributed by atoms with Gasteiger partial charge < -0.3 is 9.80 Å². The second-order valence-corrected chi connectivity index (χ2v) is 6.95. The average molecular weight is 326 g/mol. The number of anilines is 1. The van der Waals surface area contributed by atoms with Crippen molar-refractivity contribution in [3.8, 4) is 0 Å². The van der Waals surface area contributed by atoms with Crippen molar-refractivity contribution in [1.29, 1.82) is 0 Å². The van der Waals surface area contributed by atoms with E-state index in [1.54, 1.807) is 0 Å². The molecule has 0 unspecified atom stereocenters. The highest BCUT2D eigenvalue weighted by molar-refractivity contribution is 5.91. The number of allylic oxidation sites excluding steroid dienone is 2. The number of hydrogen-bond donors (Lipinski definition) is 0. The molecule has 0 heterocycles. The van der Waals surface area contributed by atoms with Gasteiger partial charge in [0.1, 0.15) is 0 Å². The molecule has 0 N–H and O–H groups in total. The quantitative estimate of drug-likeness (QED) is 0.526. The van der Waals surface area contributed by atoms with Gasteiger partial charge in [0.25, 0.3) is 0 Å². The third-order valence-corrected chi connectivity index (χ3v) is 4.21. The third kappa shape index (κ3) is 5.07. The number of hydrogen-bond acceptors (Lipinski definition) is 3. The Bertz CT molecular complexity index is 636. The highest BCUT2D eigenvalue weighted by Crippen LogP contribution is 2.31. The van der Waals surface area contributed by atoms with E-state index in [1.807, 2.05) is 0 Å². The second-order valence-electron chi connectivity index (χ2n) is 6.95. The normalized spacial score (nSPS) is 14.4. The van der Waals surface area contributed by atoms with E-state index in [1.165, 1.54) is 34.4 Å². The van der Waals surface area contributed by atoms with Gasteiger partial charge in [-0.2, -0.15) is 0 Å². The van der Waals surface area contributed by atoms with Crippen LogP contribution in [0.5, 0.6) is 0 Å². The van der Waals surface area contributed by atoms with Crippen LogP contribution in [0.3, 0.4) is 0 Å². The lowest BCUT2D eigenvalue weighted by Gasteiger charge is -2.16. The molecule has 0 spiro atoms. The predicted octanol–water partition coefficient (Wildman–Crippen LogP) is 4.25. The van der Waals surface area contributed by atoms with E-state index >= 15 is 0 Å². The van der Waals surface area contributed by atoms with Gasteiger partial charge in [-0.3, -0.25) is 4.99 Å². The fraction of sp³-hybridized carbons (Fsp3) is 0.476. The molecule has 0 atom stereocenters. The van der Waals surface area contributed by atoms with Crippen molar-refractivity contribution in [2.24, 2.45) is 4.99 Å². The lowest BCUT2D eigenvalue weighted by Crippen LogP contribution is -2.13. The standard InChI is InChI=1S/C21H31N3/c1-6-7-12-22-15-19-14-20(24(4)5)10-11-21(19)18-9-8-17(13-18)16-23(2)3/h8,10-11,13-15H,6-7,9,12,16H2,1-5H3. The summed E-state index contributed by atoms with van der Waals surface area (Å²) in [6, 6.07) is 6.69. The Morgan fingerprint density at radius 2 is 1.96 bits per heavy atom. The van der Waals surface area contributed by atoms with Crippen LogP contribution in [0.1, 0.15) is 37.3 Å². The van der Waals surface area contributed by atoms with Crippen LogP contribution in [0.25, 0.3) is 5.57 Å². The summed E-state index contributed by atoms with van der Waals surface area (Å²) in [6.45, 7) is 4.11. The topological polar surface area (TPSA) is 18.8 Å². The molecule has 24 heavy (non-hydrogen) atoms. The predicted molar refractivity (Wildman–Crippen MR) is 107 cm³/mol. The maximum Gasteiger partial charge on any atom is 0.0389 e. The average Bonchev–Trinajstić information content (AvgIpc) is 2.98. The number of rotatable bonds is 8. The van der Waals surface area contributed by atoms with Crippen molar-refractivity contribution >= 4 is 17.5 Å². The van der Waals surface area contributed by atoms with Gasteiger partial charge in [-0.1, -0.05) is 31.6 Å². The molecule has 0 bridgehead atoms. The summed E-state index contributed by atoms with van der Waals surface area (Å²) >= 11 is 0. The molecule has 1 aromatic rings. The molecule has 0 saturated carbocycles. The molecule has 0 fully saturated rings. The molecule has 0 aliphatic heterocycles. The third-order valence-electron chi connectivity index (χ3n) is 4.21. The zero-order chi connectivity index (χ0) is 17.5. The van der Waals surface area contributed by atoms with Crippen LogP contribution in [0.2, 0.25) is 0 Å². The number of benzene rings is 1. The van der Waals surface area contributed by atoms with Gasteiger partial charge in [-0.25, -0.2) is 0 Å². The molecule has 1 aromatic carbocycles. The Hall–Kier alpha value is -1.87. The monoisotopic (exact) mass is 325 g/mol. The molecule has 1 aliphatic carbocycles. The van der Waals surface area contributed by atoms with Crippen molar-refractivity contribution in [2.75, 3.05) is 46.2 Å². The first-order valence-corrected chi connectivity index (χ1v) is 8.87. The highest BCUT2D eigenvalue weighted by atomic mass is 15.1. The summed E-state index contributed by atoms with van der Waals surface area (Å²) in [5.41, 5.74) is 6.55. The lowest BCUT2D eigenvalue weighted by molar-refractivity contribution is 0.449. The summed E-state index contributed by atoms with van der Waals surface area (Å²) in [5, 5.41) is 0. The van der Waals surface area contributed by atoms with Crippen molar-refractivity contribution < 1.29 is 0 Å². The molecule has 130 valence electrons. The molecule has 2 rings (SSSR count). The Morgan fingerprint density at radius 3 is 2.62 bits per heavy atom. The Balaban J connectivity index is 2.27. The molecule has 0 amide bonds. The Labute approximate surface area is 147 Å². The zero-order valence-corrected chi connectivity index (χ0v) is 15.8. The number of unbranched alkanes of at least 4 members (excludes halogenated alkanes) is 1. The maximum atomic E-state index is 4.64. The lowest BCUT2D eigenvalue weighted by atomic mass is 9.98. The van der Waals surface area contributed by atoms with Crippen molar-refractivity contribution in [3.63, 3.8) is 0 Å². The molecule has 0 aromatic heterocycles. The minimum atomic E-state index is 0.908. The van der Waals surface area contributed by atoms with Gasteiger partial charge in [-0.05, 0) is 55.8 Å². The van der Waals surface area contributed by atoms with E-state index in [0.717, 1.165) is 25.9 Å². The smallest absolute Gasteiger partial charge is 0.0389 e. The van der Waals surface area contributed by atoms with Crippen LogP contribution in [0, 0.1) is 0 Å². The molecule has 1 aliphatic rings. The number of nitrogens with zero attached hydrogens (tertiary/aromatic N) is 3. The van der Waals surface area contributed by atoms with E-state index in [0.29, 0.717) is 0 Å². The highest BCUT2D eigenvalue weighted by Gasteiger charge is 2.13. The van der Waals surface area contributed by atoms with Crippen LogP contribution < -0.4 is 4.90 Å². The number of likely N-dealkylation sites (N-methyl/N-ethyl adjacent to an activating group) is 1. The second kappa shape index (κ2) is 8.84. The summed E-state index contributed by atoms with van der Waals surface area (Å²) < 4.78 is 0. The fourth-order valence-electron chi connectivity index (χ4n) is 2.89. The summed E-state index contributed by atoms with van der Waals surface area (Å²) in [4.78, 5) is 9.00. The molecule has 3 heteroatoms. The largest absolute Gasteiger partial charge is 0.378 e. The Morgan fingerprint density at radius 1 is 1.17 bits per heavy atom. The van der Waals surface area contributed by atoms with E-state index in [9.17, 15) is 0 Å². The number of aliphatic imine (C=N–C) groups is 1. The van der Waals surface area contributed by atoms with Crippen LogP contribution in [0.15, 0.2) is 40.9 Å². The van der Waals surface area contributed by atoms with Crippen molar-refractivity contribution in [3.05, 3.63) is 47.1 Å². The van der Waals surface area contributed by atoms with Gasteiger partial charge in [0.05, 0.1) is 0 Å². The van der Waals surface area contributed by atoms with Gasteiger partial charge in [0, 0.05) is 44.7 Å². The van der Waals surface area contributed by atoms with E-state index in [-0.39, 0.29) is 0 Å². The molecular weight excluding hydrogens is 294 g/mol. The van der Waals surface area contributed by atoms with E-state index < -0.39 is 0 Å². The van der Waals surface area contributed by atoms with Crippen molar-refractivity contribution in [2.45, 2.75) is 26.2 Å². The maximum absolute atomic E-state index is 4.64. The summed E-state index contributed by atoms with van der Waals surface area (Å²) in [7, 11) is 8.39. The molecule has 3 nitrogen and oxygen atoms in total. The van der Waals surface area contributed by atoms with Crippen LogP contribution in [-0.2, 0) is 0 Å². The molecular formula is C21H31N3.